The van der Waals surface area contributed by atoms with E-state index in [0.717, 1.165) is 30.5 Å². The molecule has 1 aliphatic rings. The van der Waals surface area contributed by atoms with Gasteiger partial charge in [0.15, 0.2) is 23.1 Å². The van der Waals surface area contributed by atoms with Crippen molar-refractivity contribution in [2.45, 2.75) is 31.7 Å². The molecule has 1 amide bonds. The number of hydrogen-bond acceptors (Lipinski definition) is 4. The Morgan fingerprint density at radius 2 is 1.75 bits per heavy atom. The number of carbonyl (C=O) groups is 1. The monoisotopic (exact) mass is 387 g/mol. The molecule has 3 rings (SSSR count). The highest BCUT2D eigenvalue weighted by Crippen LogP contribution is 2.37. The SMILES string of the molecule is COc1ccc(CCC(=O)N2CCCC2c2ccc(OC)c(OC)c2)cc1F. The minimum Gasteiger partial charge on any atom is -0.494 e. The zero-order valence-corrected chi connectivity index (χ0v) is 16.5. The Bertz CT molecular complexity index is 839. The maximum Gasteiger partial charge on any atom is 0.223 e. The number of hydrogen-bond donors (Lipinski definition) is 0. The molecule has 5 nitrogen and oxygen atoms in total. The topological polar surface area (TPSA) is 48.0 Å². The summed E-state index contributed by atoms with van der Waals surface area (Å²) in [5.41, 5.74) is 1.83. The number of ether oxygens (including phenoxy) is 3. The van der Waals surface area contributed by atoms with Crippen molar-refractivity contribution in [1.82, 2.24) is 4.90 Å². The molecule has 1 unspecified atom stereocenters. The Morgan fingerprint density at radius 3 is 2.43 bits per heavy atom. The van der Waals surface area contributed by atoms with E-state index in [1.807, 2.05) is 23.1 Å². The van der Waals surface area contributed by atoms with Crippen LogP contribution in [0.25, 0.3) is 0 Å². The fourth-order valence-electron chi connectivity index (χ4n) is 3.73. The normalized spacial score (nSPS) is 16.1. The minimum absolute atomic E-state index is 0.0277. The Kier molecular flexibility index (Phi) is 6.39. The summed E-state index contributed by atoms with van der Waals surface area (Å²) in [6.45, 7) is 0.731. The van der Waals surface area contributed by atoms with Gasteiger partial charge in [-0.1, -0.05) is 12.1 Å². The molecule has 28 heavy (non-hydrogen) atoms. The highest BCUT2D eigenvalue weighted by molar-refractivity contribution is 5.77. The number of nitrogens with zero attached hydrogens (tertiary/aromatic N) is 1. The van der Waals surface area contributed by atoms with E-state index in [-0.39, 0.29) is 17.7 Å². The third kappa shape index (κ3) is 4.21. The number of amides is 1. The maximum atomic E-state index is 13.9. The third-order valence-electron chi connectivity index (χ3n) is 5.21. The fourth-order valence-corrected chi connectivity index (χ4v) is 3.73. The molecule has 1 fully saturated rings. The standard InChI is InChI=1S/C22H26FNO4/c1-26-19-9-6-15(13-17(19)23)7-11-22(25)24-12-4-5-18(24)16-8-10-20(27-2)21(14-16)28-3/h6,8-10,13-14,18H,4-5,7,11-12H2,1-3H3. The molecule has 1 saturated heterocycles. The molecule has 0 bridgehead atoms. The zero-order chi connectivity index (χ0) is 20.1. The van der Waals surface area contributed by atoms with Crippen LogP contribution in [-0.2, 0) is 11.2 Å². The molecular formula is C22H26FNO4. The number of methoxy groups -OCH3 is 3. The van der Waals surface area contributed by atoms with E-state index >= 15 is 0 Å². The molecule has 0 N–H and O–H groups in total. The van der Waals surface area contributed by atoms with Crippen LogP contribution in [0.5, 0.6) is 17.2 Å². The quantitative estimate of drug-likeness (QED) is 0.716. The van der Waals surface area contributed by atoms with Crippen molar-refractivity contribution in [2.75, 3.05) is 27.9 Å². The average Bonchev–Trinajstić information content (AvgIpc) is 3.21. The first-order chi connectivity index (χ1) is 13.6. The van der Waals surface area contributed by atoms with Crippen LogP contribution >= 0.6 is 0 Å². The number of carbonyl (C=O) groups excluding carboxylic acids is 1. The van der Waals surface area contributed by atoms with Crippen molar-refractivity contribution < 1.29 is 23.4 Å². The van der Waals surface area contributed by atoms with Gasteiger partial charge in [0.05, 0.1) is 27.4 Å². The molecule has 0 spiro atoms. The van der Waals surface area contributed by atoms with Gasteiger partial charge in [-0.2, -0.15) is 0 Å². The van der Waals surface area contributed by atoms with E-state index in [0.29, 0.717) is 24.3 Å². The van der Waals surface area contributed by atoms with Gasteiger partial charge in [-0.15, -0.1) is 0 Å². The Morgan fingerprint density at radius 1 is 1.04 bits per heavy atom. The van der Waals surface area contributed by atoms with Crippen LogP contribution in [0.2, 0.25) is 0 Å². The van der Waals surface area contributed by atoms with Crippen molar-refractivity contribution in [2.24, 2.45) is 0 Å². The predicted molar refractivity (Wildman–Crippen MR) is 105 cm³/mol. The van der Waals surface area contributed by atoms with Crippen molar-refractivity contribution in [3.63, 3.8) is 0 Å². The summed E-state index contributed by atoms with van der Waals surface area (Å²) in [6, 6.07) is 10.6. The van der Waals surface area contributed by atoms with E-state index in [4.69, 9.17) is 14.2 Å². The van der Waals surface area contributed by atoms with Gasteiger partial charge >= 0.3 is 0 Å². The lowest BCUT2D eigenvalue weighted by Gasteiger charge is -2.26. The molecular weight excluding hydrogens is 361 g/mol. The molecule has 1 heterocycles. The predicted octanol–water partition coefficient (Wildman–Crippen LogP) is 4.15. The first-order valence-corrected chi connectivity index (χ1v) is 9.41. The summed E-state index contributed by atoms with van der Waals surface area (Å²) in [4.78, 5) is 14.8. The van der Waals surface area contributed by atoms with Gasteiger partial charge in [-0.3, -0.25) is 4.79 Å². The molecule has 6 heteroatoms. The highest BCUT2D eigenvalue weighted by Gasteiger charge is 2.30. The number of benzene rings is 2. The lowest BCUT2D eigenvalue weighted by atomic mass is 10.0. The van der Waals surface area contributed by atoms with Gasteiger partial charge in [0.25, 0.3) is 0 Å². The number of halogens is 1. The highest BCUT2D eigenvalue weighted by atomic mass is 19.1. The summed E-state index contributed by atoms with van der Waals surface area (Å²) in [5.74, 6) is 1.21. The second-order valence-corrected chi connectivity index (χ2v) is 6.83. The summed E-state index contributed by atoms with van der Waals surface area (Å²) in [7, 11) is 4.64. The molecule has 150 valence electrons. The fraction of sp³-hybridized carbons (Fsp3) is 0.409. The van der Waals surface area contributed by atoms with Gasteiger partial charge in [0.2, 0.25) is 5.91 Å². The Balaban J connectivity index is 1.68. The molecule has 2 aromatic carbocycles. The molecule has 1 aliphatic heterocycles. The van der Waals surface area contributed by atoms with Crippen LogP contribution in [-0.4, -0.2) is 38.7 Å². The van der Waals surface area contributed by atoms with Gasteiger partial charge in [0.1, 0.15) is 0 Å². The van der Waals surface area contributed by atoms with Crippen molar-refractivity contribution in [3.8, 4) is 17.2 Å². The zero-order valence-electron chi connectivity index (χ0n) is 16.5. The lowest BCUT2D eigenvalue weighted by molar-refractivity contribution is -0.132. The van der Waals surface area contributed by atoms with Gasteiger partial charge in [-0.25, -0.2) is 4.39 Å². The van der Waals surface area contributed by atoms with E-state index in [2.05, 4.69) is 0 Å². The summed E-state index contributed by atoms with van der Waals surface area (Å²) in [6.07, 6.45) is 2.71. The number of rotatable bonds is 7. The van der Waals surface area contributed by atoms with Crippen molar-refractivity contribution in [1.29, 1.82) is 0 Å². The van der Waals surface area contributed by atoms with Crippen molar-refractivity contribution in [3.05, 3.63) is 53.3 Å². The van der Waals surface area contributed by atoms with Crippen LogP contribution in [0, 0.1) is 5.82 Å². The van der Waals surface area contributed by atoms with Crippen LogP contribution in [0.1, 0.15) is 36.4 Å². The van der Waals surface area contributed by atoms with Gasteiger partial charge in [-0.05, 0) is 54.7 Å². The Labute approximate surface area is 165 Å². The third-order valence-corrected chi connectivity index (χ3v) is 5.21. The molecule has 0 saturated carbocycles. The number of likely N-dealkylation sites (tertiary alicyclic amines) is 1. The first kappa shape index (κ1) is 20.0. The smallest absolute Gasteiger partial charge is 0.223 e. The minimum atomic E-state index is -0.406. The van der Waals surface area contributed by atoms with E-state index in [1.54, 1.807) is 26.4 Å². The van der Waals surface area contributed by atoms with Gasteiger partial charge < -0.3 is 19.1 Å². The summed E-state index contributed by atoms with van der Waals surface area (Å²) >= 11 is 0. The number of aryl methyl sites for hydroxylation is 1. The lowest BCUT2D eigenvalue weighted by Crippen LogP contribution is -2.30. The van der Waals surface area contributed by atoms with Crippen LogP contribution in [0.3, 0.4) is 0 Å². The summed E-state index contributed by atoms with van der Waals surface area (Å²) < 4.78 is 29.5. The van der Waals surface area contributed by atoms with Crippen LogP contribution in [0.4, 0.5) is 4.39 Å². The van der Waals surface area contributed by atoms with E-state index in [1.165, 1.54) is 13.2 Å². The second-order valence-electron chi connectivity index (χ2n) is 6.83. The van der Waals surface area contributed by atoms with Gasteiger partial charge in [0, 0.05) is 13.0 Å². The van der Waals surface area contributed by atoms with E-state index in [9.17, 15) is 9.18 Å². The molecule has 1 atom stereocenters. The maximum absolute atomic E-state index is 13.9. The Hall–Kier alpha value is -2.76. The van der Waals surface area contributed by atoms with E-state index < -0.39 is 5.82 Å². The average molecular weight is 387 g/mol. The van der Waals surface area contributed by atoms with Crippen LogP contribution in [0.15, 0.2) is 36.4 Å². The first-order valence-electron chi connectivity index (χ1n) is 9.41. The van der Waals surface area contributed by atoms with Crippen LogP contribution < -0.4 is 14.2 Å². The molecule has 2 aromatic rings. The largest absolute Gasteiger partial charge is 0.494 e. The molecule has 0 aromatic heterocycles. The van der Waals surface area contributed by atoms with Crippen molar-refractivity contribution >= 4 is 5.91 Å². The molecule has 0 radical (unpaired) electrons. The second kappa shape index (κ2) is 8.95. The summed E-state index contributed by atoms with van der Waals surface area (Å²) in [5, 5.41) is 0. The molecule has 0 aliphatic carbocycles.